The first-order valence-corrected chi connectivity index (χ1v) is 10.7. The molecule has 0 atom stereocenters. The molecular formula is C23H19F2N3O4S. The molecule has 0 spiro atoms. The lowest BCUT2D eigenvalue weighted by Gasteiger charge is -2.12. The van der Waals surface area contributed by atoms with Crippen molar-refractivity contribution in [3.05, 3.63) is 76.0 Å². The zero-order valence-electron chi connectivity index (χ0n) is 17.9. The van der Waals surface area contributed by atoms with Crippen LogP contribution in [-0.4, -0.2) is 23.2 Å². The number of nitrogens with zero attached hydrogens (tertiary/aromatic N) is 2. The Morgan fingerprint density at radius 2 is 1.94 bits per heavy atom. The number of hydrogen-bond acceptors (Lipinski definition) is 7. The Morgan fingerprint density at radius 1 is 1.12 bits per heavy atom. The highest BCUT2D eigenvalue weighted by atomic mass is 32.1. The van der Waals surface area contributed by atoms with Crippen LogP contribution in [0.15, 0.2) is 46.3 Å². The largest absolute Gasteiger partial charge is 0.493 e. The molecule has 2 aromatic carbocycles. The number of methoxy groups -OCH3 is 1. The molecule has 1 N–H and O–H groups in total. The predicted molar refractivity (Wildman–Crippen MR) is 119 cm³/mol. The summed E-state index contributed by atoms with van der Waals surface area (Å²) in [6, 6.07) is 8.31. The minimum atomic E-state index is -0.963. The zero-order valence-corrected chi connectivity index (χ0v) is 18.8. The van der Waals surface area contributed by atoms with Crippen molar-refractivity contribution in [1.29, 1.82) is 0 Å². The fourth-order valence-corrected chi connectivity index (χ4v) is 3.79. The smallest absolute Gasteiger partial charge is 0.257 e. The first kappa shape index (κ1) is 22.4. The number of aryl methyl sites for hydroxylation is 2. The lowest BCUT2D eigenvalue weighted by Crippen LogP contribution is -2.12. The molecule has 7 nitrogen and oxygen atoms in total. The molecule has 0 bridgehead atoms. The molecule has 0 aliphatic rings. The van der Waals surface area contributed by atoms with E-state index in [-0.39, 0.29) is 6.61 Å². The number of nitrogens with one attached hydrogen (secondary N) is 1. The third-order valence-corrected chi connectivity index (χ3v) is 5.68. The normalized spacial score (nSPS) is 10.8. The van der Waals surface area contributed by atoms with E-state index in [2.05, 4.69) is 15.5 Å². The van der Waals surface area contributed by atoms with Gasteiger partial charge in [-0.25, -0.2) is 13.8 Å². The number of anilines is 1. The van der Waals surface area contributed by atoms with Crippen LogP contribution < -0.4 is 14.8 Å². The van der Waals surface area contributed by atoms with Crippen molar-refractivity contribution in [2.45, 2.75) is 20.5 Å². The van der Waals surface area contributed by atoms with Crippen LogP contribution in [0, 0.1) is 25.5 Å². The van der Waals surface area contributed by atoms with Gasteiger partial charge in [-0.05, 0) is 50.2 Å². The Balaban J connectivity index is 1.46. The van der Waals surface area contributed by atoms with Gasteiger partial charge in [0.25, 0.3) is 5.91 Å². The second-order valence-corrected chi connectivity index (χ2v) is 7.94. The van der Waals surface area contributed by atoms with Gasteiger partial charge in [0.15, 0.2) is 28.3 Å². The van der Waals surface area contributed by atoms with E-state index >= 15 is 0 Å². The molecule has 4 rings (SSSR count). The van der Waals surface area contributed by atoms with E-state index in [1.54, 1.807) is 30.5 Å². The van der Waals surface area contributed by atoms with E-state index in [0.717, 1.165) is 23.4 Å². The highest BCUT2D eigenvalue weighted by molar-refractivity contribution is 7.14. The minimum absolute atomic E-state index is 0.245. The van der Waals surface area contributed by atoms with Crippen molar-refractivity contribution in [3.63, 3.8) is 0 Å². The summed E-state index contributed by atoms with van der Waals surface area (Å²) < 4.78 is 43.0. The Kier molecular flexibility index (Phi) is 6.36. The second-order valence-electron chi connectivity index (χ2n) is 7.08. The first-order chi connectivity index (χ1) is 15.9. The summed E-state index contributed by atoms with van der Waals surface area (Å²) in [4.78, 5) is 17.0. The van der Waals surface area contributed by atoms with Crippen molar-refractivity contribution in [2.24, 2.45) is 0 Å². The summed E-state index contributed by atoms with van der Waals surface area (Å²) in [6.07, 6.45) is 0. The number of amides is 1. The Bertz CT molecular complexity index is 1300. The molecule has 2 aromatic heterocycles. The molecule has 4 aromatic rings. The molecular weight excluding hydrogens is 452 g/mol. The molecule has 2 heterocycles. The maximum absolute atomic E-state index is 13.5. The summed E-state index contributed by atoms with van der Waals surface area (Å²) in [7, 11) is 1.48. The lowest BCUT2D eigenvalue weighted by molar-refractivity contribution is 0.102. The standard InChI is InChI=1S/C23H19F2N3O4S/c1-12-16(13(2)32-28-12)10-31-20-7-5-15(9-21(20)30-3)22(29)27-23-26-19(11-33-23)14-4-6-17(24)18(25)8-14/h4-9,11H,10H2,1-3H3,(H,26,27,29). The van der Waals surface area contributed by atoms with Gasteiger partial charge >= 0.3 is 0 Å². The van der Waals surface area contributed by atoms with Crippen LogP contribution in [-0.2, 0) is 6.61 Å². The van der Waals surface area contributed by atoms with Gasteiger partial charge in [0.05, 0.1) is 24.1 Å². The fraction of sp³-hybridized carbons (Fsp3) is 0.174. The van der Waals surface area contributed by atoms with Crippen LogP contribution in [0.25, 0.3) is 11.3 Å². The van der Waals surface area contributed by atoms with E-state index in [0.29, 0.717) is 39.2 Å². The van der Waals surface area contributed by atoms with Crippen LogP contribution in [0.1, 0.15) is 27.4 Å². The predicted octanol–water partition coefficient (Wildman–Crippen LogP) is 5.53. The quantitative estimate of drug-likeness (QED) is 0.381. The van der Waals surface area contributed by atoms with E-state index in [1.807, 2.05) is 6.92 Å². The number of halogens is 2. The molecule has 0 saturated heterocycles. The van der Waals surface area contributed by atoms with Crippen LogP contribution in [0.5, 0.6) is 11.5 Å². The summed E-state index contributed by atoms with van der Waals surface area (Å²) in [5, 5.41) is 8.56. The van der Waals surface area contributed by atoms with E-state index in [4.69, 9.17) is 14.0 Å². The number of carbonyl (C=O) groups excluding carboxylic acids is 1. The van der Waals surface area contributed by atoms with Gasteiger partial charge < -0.3 is 14.0 Å². The van der Waals surface area contributed by atoms with E-state index < -0.39 is 17.5 Å². The summed E-state index contributed by atoms with van der Waals surface area (Å²) in [6.45, 7) is 3.88. The van der Waals surface area contributed by atoms with Gasteiger partial charge in [-0.1, -0.05) is 5.16 Å². The molecule has 33 heavy (non-hydrogen) atoms. The van der Waals surface area contributed by atoms with Crippen LogP contribution in [0.4, 0.5) is 13.9 Å². The average Bonchev–Trinajstić information content (AvgIpc) is 3.40. The molecule has 0 unspecified atom stereocenters. The highest BCUT2D eigenvalue weighted by Crippen LogP contribution is 2.31. The molecule has 0 saturated carbocycles. The van der Waals surface area contributed by atoms with Crippen molar-refractivity contribution in [3.8, 4) is 22.8 Å². The molecule has 10 heteroatoms. The first-order valence-electron chi connectivity index (χ1n) is 9.80. The Morgan fingerprint density at radius 3 is 2.64 bits per heavy atom. The molecule has 1 amide bonds. The van der Waals surface area contributed by atoms with Crippen molar-refractivity contribution in [2.75, 3.05) is 12.4 Å². The third-order valence-electron chi connectivity index (χ3n) is 4.92. The Labute approximate surface area is 192 Å². The molecule has 170 valence electrons. The molecule has 0 aliphatic heterocycles. The topological polar surface area (TPSA) is 86.5 Å². The number of carbonyl (C=O) groups is 1. The van der Waals surface area contributed by atoms with Crippen LogP contribution >= 0.6 is 11.3 Å². The summed E-state index contributed by atoms with van der Waals surface area (Å²) in [5.41, 5.74) is 2.76. The van der Waals surface area contributed by atoms with Crippen molar-refractivity contribution < 1.29 is 27.6 Å². The van der Waals surface area contributed by atoms with Crippen LogP contribution in [0.3, 0.4) is 0 Å². The number of ether oxygens (including phenoxy) is 2. The lowest BCUT2D eigenvalue weighted by atomic mass is 10.1. The van der Waals surface area contributed by atoms with Gasteiger partial charge in [0.1, 0.15) is 12.4 Å². The van der Waals surface area contributed by atoms with Crippen molar-refractivity contribution in [1.82, 2.24) is 10.1 Å². The number of benzene rings is 2. The average molecular weight is 471 g/mol. The van der Waals surface area contributed by atoms with Gasteiger partial charge in [-0.3, -0.25) is 10.1 Å². The highest BCUT2D eigenvalue weighted by Gasteiger charge is 2.16. The number of rotatable bonds is 7. The van der Waals surface area contributed by atoms with Crippen LogP contribution in [0.2, 0.25) is 0 Å². The van der Waals surface area contributed by atoms with E-state index in [9.17, 15) is 13.6 Å². The van der Waals surface area contributed by atoms with E-state index in [1.165, 1.54) is 24.5 Å². The van der Waals surface area contributed by atoms with Gasteiger partial charge in [0, 0.05) is 16.5 Å². The number of hydrogen-bond donors (Lipinski definition) is 1. The minimum Gasteiger partial charge on any atom is -0.493 e. The maximum atomic E-state index is 13.5. The second kappa shape index (κ2) is 9.37. The van der Waals surface area contributed by atoms with Gasteiger partial charge in [-0.2, -0.15) is 0 Å². The van der Waals surface area contributed by atoms with Crippen molar-refractivity contribution >= 4 is 22.4 Å². The Hall–Kier alpha value is -3.79. The zero-order chi connectivity index (χ0) is 23.5. The van der Waals surface area contributed by atoms with Gasteiger partial charge in [0.2, 0.25) is 0 Å². The van der Waals surface area contributed by atoms with Gasteiger partial charge in [-0.15, -0.1) is 11.3 Å². The third kappa shape index (κ3) is 4.85. The number of aromatic nitrogens is 2. The monoisotopic (exact) mass is 471 g/mol. The summed E-state index contributed by atoms with van der Waals surface area (Å²) >= 11 is 1.17. The summed E-state index contributed by atoms with van der Waals surface area (Å²) in [5.74, 6) is -0.782. The molecule has 0 aliphatic carbocycles. The molecule has 0 fully saturated rings. The SMILES string of the molecule is COc1cc(C(=O)Nc2nc(-c3ccc(F)c(F)c3)cs2)ccc1OCc1c(C)noc1C. The molecule has 0 radical (unpaired) electrons. The maximum Gasteiger partial charge on any atom is 0.257 e. The number of thiazole rings is 1. The fourth-order valence-electron chi connectivity index (χ4n) is 3.07.